The lowest BCUT2D eigenvalue weighted by molar-refractivity contribution is 0.664. The number of para-hydroxylation sites is 1. The van der Waals surface area contributed by atoms with E-state index >= 15 is 0 Å². The third kappa shape index (κ3) is 5.52. The molecular formula is C67H41NO2. The SMILES string of the molecule is c1ccc(-c2ccc(-c3c4oc5cc(N(c6cccc(-c7ccccc7)c6)c6ccc7c(c6)C6(c8ccccc8-c8ccccc86)c6ccccc6-7)ccc5c4cc4oc5ccccc5c34)cc2)cc1. The van der Waals surface area contributed by atoms with Crippen LogP contribution in [0.5, 0.6) is 0 Å². The minimum absolute atomic E-state index is 0.480. The molecular weight excluding hydrogens is 851 g/mol. The molecule has 0 amide bonds. The summed E-state index contributed by atoms with van der Waals surface area (Å²) in [5.41, 5.74) is 23.1. The first-order valence-electron chi connectivity index (χ1n) is 24.1. The van der Waals surface area contributed by atoms with Gasteiger partial charge in [0.1, 0.15) is 22.3 Å². The predicted molar refractivity (Wildman–Crippen MR) is 288 cm³/mol. The van der Waals surface area contributed by atoms with Gasteiger partial charge < -0.3 is 13.7 Å². The molecule has 2 heterocycles. The Morgan fingerprint density at radius 3 is 1.51 bits per heavy atom. The van der Waals surface area contributed by atoms with Gasteiger partial charge in [-0.05, 0) is 121 Å². The number of hydrogen-bond donors (Lipinski definition) is 0. The number of anilines is 3. The zero-order chi connectivity index (χ0) is 45.9. The zero-order valence-electron chi connectivity index (χ0n) is 37.9. The highest BCUT2D eigenvalue weighted by Gasteiger charge is 2.51. The van der Waals surface area contributed by atoms with E-state index in [1.807, 2.05) is 6.07 Å². The molecule has 0 atom stereocenters. The molecule has 0 bridgehead atoms. The summed E-state index contributed by atoms with van der Waals surface area (Å²) in [6.07, 6.45) is 0. The zero-order valence-corrected chi connectivity index (χ0v) is 37.9. The van der Waals surface area contributed by atoms with E-state index in [1.165, 1.54) is 55.6 Å². The largest absolute Gasteiger partial charge is 0.456 e. The highest BCUT2D eigenvalue weighted by atomic mass is 16.3. The summed E-state index contributed by atoms with van der Waals surface area (Å²) in [5, 5.41) is 4.17. The Kier molecular flexibility index (Phi) is 8.28. The molecule has 0 aliphatic heterocycles. The number of nitrogens with zero attached hydrogens (tertiary/aromatic N) is 1. The number of fused-ring (bicyclic) bond motifs is 16. The van der Waals surface area contributed by atoms with Gasteiger partial charge in [-0.3, -0.25) is 0 Å². The summed E-state index contributed by atoms with van der Waals surface area (Å²) < 4.78 is 13.9. The van der Waals surface area contributed by atoms with Crippen molar-refractivity contribution in [2.75, 3.05) is 4.90 Å². The second-order valence-electron chi connectivity index (χ2n) is 18.7. The van der Waals surface area contributed by atoms with Gasteiger partial charge >= 0.3 is 0 Å². The van der Waals surface area contributed by atoms with Crippen molar-refractivity contribution < 1.29 is 8.83 Å². The monoisotopic (exact) mass is 891 g/mol. The number of rotatable bonds is 6. The van der Waals surface area contributed by atoms with Crippen LogP contribution in [0.1, 0.15) is 22.3 Å². The van der Waals surface area contributed by atoms with Crippen molar-refractivity contribution in [1.82, 2.24) is 0 Å². The number of furan rings is 2. The van der Waals surface area contributed by atoms with E-state index in [9.17, 15) is 0 Å². The van der Waals surface area contributed by atoms with Gasteiger partial charge in [0, 0.05) is 50.2 Å². The van der Waals surface area contributed by atoms with Crippen LogP contribution in [0.3, 0.4) is 0 Å². The first-order chi connectivity index (χ1) is 34.7. The summed E-state index contributed by atoms with van der Waals surface area (Å²) in [7, 11) is 0. The third-order valence-corrected chi connectivity index (χ3v) is 15.1. The topological polar surface area (TPSA) is 29.5 Å². The molecule has 0 unspecified atom stereocenters. The fourth-order valence-corrected chi connectivity index (χ4v) is 12.1. The van der Waals surface area contributed by atoms with Gasteiger partial charge in [-0.2, -0.15) is 0 Å². The summed E-state index contributed by atoms with van der Waals surface area (Å²) in [6.45, 7) is 0. The summed E-state index contributed by atoms with van der Waals surface area (Å²) in [6, 6.07) is 90.3. The number of hydrogen-bond acceptors (Lipinski definition) is 3. The van der Waals surface area contributed by atoms with Crippen molar-refractivity contribution in [2.24, 2.45) is 0 Å². The Bertz CT molecular complexity index is 4170. The Hall–Kier alpha value is -9.18. The van der Waals surface area contributed by atoms with E-state index in [0.717, 1.165) is 83.2 Å². The minimum atomic E-state index is -0.480. The summed E-state index contributed by atoms with van der Waals surface area (Å²) >= 11 is 0. The van der Waals surface area contributed by atoms with Crippen LogP contribution in [0.25, 0.3) is 99.5 Å². The molecule has 0 fully saturated rings. The lowest BCUT2D eigenvalue weighted by atomic mass is 9.70. The molecule has 2 aliphatic carbocycles. The van der Waals surface area contributed by atoms with E-state index in [0.29, 0.717) is 0 Å². The molecule has 13 aromatic rings. The molecule has 70 heavy (non-hydrogen) atoms. The average molecular weight is 892 g/mol. The Balaban J connectivity index is 0.961. The van der Waals surface area contributed by atoms with Crippen molar-refractivity contribution in [2.45, 2.75) is 5.41 Å². The van der Waals surface area contributed by atoms with Gasteiger partial charge in [0.05, 0.1) is 5.41 Å². The van der Waals surface area contributed by atoms with Gasteiger partial charge in [0.15, 0.2) is 0 Å². The van der Waals surface area contributed by atoms with Crippen molar-refractivity contribution in [3.8, 4) is 55.6 Å². The molecule has 0 saturated heterocycles. The standard InChI is InChI=1S/C67H41NO2/c1-3-16-42(17-4-1)44-30-32-45(33-31-44)64-65-55-25-10-14-29-61(55)69-63(65)41-56-54-37-35-49(40-62(54)70-66(56)64)68(47-21-15-20-46(38-47)43-18-5-2-6-19-43)48-34-36-53-52-24-9-13-28-59(52)67(60(53)39-48)57-26-11-7-22-50(57)51-23-8-12-27-58(51)67/h1-41H. The highest BCUT2D eigenvalue weighted by molar-refractivity contribution is 6.23. The van der Waals surface area contributed by atoms with Gasteiger partial charge in [-0.15, -0.1) is 0 Å². The summed E-state index contributed by atoms with van der Waals surface area (Å²) in [4.78, 5) is 2.41. The van der Waals surface area contributed by atoms with E-state index in [1.54, 1.807) is 0 Å². The molecule has 1 spiro atoms. The Morgan fingerprint density at radius 1 is 0.286 bits per heavy atom. The minimum Gasteiger partial charge on any atom is -0.456 e. The van der Waals surface area contributed by atoms with Crippen LogP contribution < -0.4 is 4.90 Å². The quantitative estimate of drug-likeness (QED) is 0.167. The van der Waals surface area contributed by atoms with E-state index in [4.69, 9.17) is 8.83 Å². The predicted octanol–water partition coefficient (Wildman–Crippen LogP) is 18.3. The maximum atomic E-state index is 7.24. The smallest absolute Gasteiger partial charge is 0.144 e. The Morgan fingerprint density at radius 2 is 0.814 bits per heavy atom. The first-order valence-corrected chi connectivity index (χ1v) is 24.1. The third-order valence-electron chi connectivity index (χ3n) is 15.1. The lowest BCUT2D eigenvalue weighted by Gasteiger charge is -2.32. The van der Waals surface area contributed by atoms with Crippen LogP contribution in [0.15, 0.2) is 258 Å². The normalized spacial score (nSPS) is 13.0. The molecule has 0 radical (unpaired) electrons. The molecule has 3 heteroatoms. The van der Waals surface area contributed by atoms with Crippen LogP contribution >= 0.6 is 0 Å². The van der Waals surface area contributed by atoms with Crippen molar-refractivity contribution in [3.63, 3.8) is 0 Å². The van der Waals surface area contributed by atoms with E-state index in [-0.39, 0.29) is 0 Å². The fourth-order valence-electron chi connectivity index (χ4n) is 12.1. The first kappa shape index (κ1) is 38.9. The molecule has 0 N–H and O–H groups in total. The average Bonchev–Trinajstić information content (AvgIpc) is 4.16. The van der Waals surface area contributed by atoms with Crippen LogP contribution in [0.2, 0.25) is 0 Å². The second-order valence-corrected chi connectivity index (χ2v) is 18.7. The molecule has 11 aromatic carbocycles. The Labute approximate surface area is 404 Å². The van der Waals surface area contributed by atoms with Gasteiger partial charge in [0.25, 0.3) is 0 Å². The molecule has 0 saturated carbocycles. The molecule has 2 aromatic heterocycles. The van der Waals surface area contributed by atoms with Gasteiger partial charge in [0.2, 0.25) is 0 Å². The second kappa shape index (κ2) is 14.9. The van der Waals surface area contributed by atoms with E-state index in [2.05, 4.69) is 248 Å². The molecule has 2 aliphatic rings. The fraction of sp³-hybridized carbons (Fsp3) is 0.0149. The van der Waals surface area contributed by atoms with Crippen LogP contribution in [-0.2, 0) is 5.41 Å². The van der Waals surface area contributed by atoms with Crippen molar-refractivity contribution >= 4 is 60.9 Å². The van der Waals surface area contributed by atoms with Crippen LogP contribution in [0.4, 0.5) is 17.1 Å². The molecule has 326 valence electrons. The van der Waals surface area contributed by atoms with Crippen molar-refractivity contribution in [1.29, 1.82) is 0 Å². The van der Waals surface area contributed by atoms with Gasteiger partial charge in [-0.25, -0.2) is 0 Å². The van der Waals surface area contributed by atoms with Crippen LogP contribution in [-0.4, -0.2) is 0 Å². The highest BCUT2D eigenvalue weighted by Crippen LogP contribution is 2.63. The van der Waals surface area contributed by atoms with Crippen molar-refractivity contribution in [3.05, 3.63) is 271 Å². The maximum absolute atomic E-state index is 7.24. The maximum Gasteiger partial charge on any atom is 0.144 e. The number of benzene rings is 11. The van der Waals surface area contributed by atoms with E-state index < -0.39 is 5.41 Å². The van der Waals surface area contributed by atoms with Gasteiger partial charge in [-0.1, -0.05) is 194 Å². The molecule has 15 rings (SSSR count). The molecule has 3 nitrogen and oxygen atoms in total. The van der Waals surface area contributed by atoms with Crippen LogP contribution in [0, 0.1) is 0 Å². The summed E-state index contributed by atoms with van der Waals surface area (Å²) in [5.74, 6) is 0. The lowest BCUT2D eigenvalue weighted by Crippen LogP contribution is -2.26.